The number of hydrogen-bond donors (Lipinski definition) is 1. The van der Waals surface area contributed by atoms with Crippen molar-refractivity contribution in [1.29, 1.82) is 0 Å². The second kappa shape index (κ2) is 13.8. The smallest absolute Gasteiger partial charge is 0.320 e. The van der Waals surface area contributed by atoms with Gasteiger partial charge in [-0.25, -0.2) is 0 Å². The van der Waals surface area contributed by atoms with Crippen LogP contribution in [0.2, 0.25) is 0 Å². The van der Waals surface area contributed by atoms with E-state index in [2.05, 4.69) is 26.1 Å². The quantitative estimate of drug-likeness (QED) is 0.266. The molecule has 220 valence electrons. The van der Waals surface area contributed by atoms with Crippen molar-refractivity contribution in [3.63, 3.8) is 0 Å². The molecule has 1 aromatic rings. The van der Waals surface area contributed by atoms with E-state index in [-0.39, 0.29) is 42.6 Å². The summed E-state index contributed by atoms with van der Waals surface area (Å²) in [5.41, 5.74) is 0.498. The maximum atomic E-state index is 14.1. The molecule has 2 aliphatic heterocycles. The summed E-state index contributed by atoms with van der Waals surface area (Å²) in [6.07, 6.45) is 6.33. The average molecular weight is 555 g/mol. The largest absolute Gasteiger partial charge is 0.468 e. The molecular formula is C32H46N2O6. The number of ether oxygens (including phenoxy) is 3. The number of likely N-dealkylation sites (tertiary alicyclic amines) is 1. The lowest BCUT2D eigenvalue weighted by atomic mass is 9.64. The van der Waals surface area contributed by atoms with Crippen LogP contribution in [0, 0.1) is 23.2 Å². The Labute approximate surface area is 238 Å². The molecule has 40 heavy (non-hydrogen) atoms. The number of rotatable bonds is 14. The van der Waals surface area contributed by atoms with Gasteiger partial charge in [0.05, 0.1) is 25.9 Å². The maximum Gasteiger partial charge on any atom is 0.320 e. The van der Waals surface area contributed by atoms with Crippen molar-refractivity contribution >= 4 is 17.8 Å². The zero-order chi connectivity index (χ0) is 28.7. The minimum atomic E-state index is -1.14. The monoisotopic (exact) mass is 554 g/mol. The molecule has 3 aliphatic rings. The standard InChI is InChI=1S/C32H46N2O6/c1-5-6-16-39-17-10-15-33-28(35)18-25-20-32(31(37)38-4)27(19-26(22(2)3)40-29(32)24-13-14-24)34(30(25)36)21-23-11-8-7-9-12-23/h7-9,11-12,19,22,24-26,29H,5-6,10,13-18,20-21H2,1-4H3,(H,33,35)/t25-,26+,29+,32+/m0/s1. The summed E-state index contributed by atoms with van der Waals surface area (Å²) in [6, 6.07) is 9.77. The molecule has 2 fully saturated rings. The fourth-order valence-electron chi connectivity index (χ4n) is 6.02. The van der Waals surface area contributed by atoms with Gasteiger partial charge in [0.25, 0.3) is 0 Å². The van der Waals surface area contributed by atoms with Gasteiger partial charge in [-0.15, -0.1) is 0 Å². The third kappa shape index (κ3) is 6.77. The van der Waals surface area contributed by atoms with Crippen molar-refractivity contribution in [1.82, 2.24) is 10.2 Å². The number of methoxy groups -OCH3 is 1. The Morgan fingerprint density at radius 3 is 2.52 bits per heavy atom. The van der Waals surface area contributed by atoms with E-state index in [1.54, 1.807) is 4.90 Å². The van der Waals surface area contributed by atoms with Gasteiger partial charge in [-0.1, -0.05) is 57.5 Å². The molecule has 2 heterocycles. The van der Waals surface area contributed by atoms with Gasteiger partial charge >= 0.3 is 5.97 Å². The van der Waals surface area contributed by atoms with Crippen molar-refractivity contribution in [2.24, 2.45) is 23.2 Å². The van der Waals surface area contributed by atoms with Crippen LogP contribution < -0.4 is 5.32 Å². The van der Waals surface area contributed by atoms with Crippen molar-refractivity contribution in [3.8, 4) is 0 Å². The van der Waals surface area contributed by atoms with Crippen LogP contribution in [0.15, 0.2) is 42.1 Å². The zero-order valence-corrected chi connectivity index (χ0v) is 24.5. The number of nitrogens with one attached hydrogen (secondary N) is 1. The second-order valence-electron chi connectivity index (χ2n) is 11.8. The number of unbranched alkanes of at least 4 members (excludes halogenated alkanes) is 1. The summed E-state index contributed by atoms with van der Waals surface area (Å²) in [5, 5.41) is 2.95. The topological polar surface area (TPSA) is 94.2 Å². The lowest BCUT2D eigenvalue weighted by Gasteiger charge is -2.53. The van der Waals surface area contributed by atoms with E-state index in [0.29, 0.717) is 31.8 Å². The molecule has 0 radical (unpaired) electrons. The van der Waals surface area contributed by atoms with E-state index in [0.717, 1.165) is 37.9 Å². The van der Waals surface area contributed by atoms with E-state index in [1.807, 2.05) is 36.4 Å². The third-order valence-corrected chi connectivity index (χ3v) is 8.35. The van der Waals surface area contributed by atoms with Crippen LogP contribution in [-0.4, -0.2) is 61.8 Å². The highest BCUT2D eigenvalue weighted by atomic mass is 16.5. The summed E-state index contributed by atoms with van der Waals surface area (Å²) >= 11 is 0. The van der Waals surface area contributed by atoms with Gasteiger partial charge < -0.3 is 24.4 Å². The first-order valence-corrected chi connectivity index (χ1v) is 15.0. The number of carbonyl (C=O) groups is 3. The first-order valence-electron chi connectivity index (χ1n) is 15.0. The number of amides is 2. The minimum absolute atomic E-state index is 0.0117. The first-order chi connectivity index (χ1) is 19.3. The highest BCUT2D eigenvalue weighted by molar-refractivity contribution is 5.92. The second-order valence-corrected chi connectivity index (χ2v) is 11.8. The molecule has 1 saturated carbocycles. The Balaban J connectivity index is 1.61. The van der Waals surface area contributed by atoms with E-state index in [9.17, 15) is 14.4 Å². The fourth-order valence-corrected chi connectivity index (χ4v) is 6.02. The molecule has 2 amide bonds. The predicted molar refractivity (Wildman–Crippen MR) is 152 cm³/mol. The number of piperidine rings is 1. The molecular weight excluding hydrogens is 508 g/mol. The van der Waals surface area contributed by atoms with Gasteiger partial charge in [-0.2, -0.15) is 0 Å². The average Bonchev–Trinajstić information content (AvgIpc) is 3.79. The maximum absolute atomic E-state index is 14.1. The number of benzene rings is 1. The summed E-state index contributed by atoms with van der Waals surface area (Å²) in [5.74, 6) is -0.991. The molecule has 1 aliphatic carbocycles. The van der Waals surface area contributed by atoms with Gasteiger partial charge in [0.15, 0.2) is 0 Å². The van der Waals surface area contributed by atoms with Gasteiger partial charge in [0.2, 0.25) is 11.8 Å². The summed E-state index contributed by atoms with van der Waals surface area (Å²) in [6.45, 7) is 8.41. The molecule has 0 unspecified atom stereocenters. The van der Waals surface area contributed by atoms with Gasteiger partial charge in [0.1, 0.15) is 5.41 Å². The Morgan fingerprint density at radius 1 is 1.15 bits per heavy atom. The molecule has 8 nitrogen and oxygen atoms in total. The van der Waals surface area contributed by atoms with Crippen LogP contribution in [0.25, 0.3) is 0 Å². The predicted octanol–water partition coefficient (Wildman–Crippen LogP) is 4.62. The first kappa shape index (κ1) is 30.3. The normalized spacial score (nSPS) is 26.3. The number of hydrogen-bond acceptors (Lipinski definition) is 6. The summed E-state index contributed by atoms with van der Waals surface area (Å²) < 4.78 is 17.7. The lowest BCUT2D eigenvalue weighted by molar-refractivity contribution is -0.182. The van der Waals surface area contributed by atoms with Crippen LogP contribution in [0.5, 0.6) is 0 Å². The lowest BCUT2D eigenvalue weighted by Crippen LogP contribution is -2.61. The molecule has 0 bridgehead atoms. The summed E-state index contributed by atoms with van der Waals surface area (Å²) in [7, 11) is 1.40. The Hall–Kier alpha value is -2.71. The minimum Gasteiger partial charge on any atom is -0.468 e. The number of carbonyl (C=O) groups excluding carboxylic acids is 3. The number of nitrogens with zero attached hydrogens (tertiary/aromatic N) is 1. The molecule has 1 saturated heterocycles. The Kier molecular flexibility index (Phi) is 10.4. The van der Waals surface area contributed by atoms with Crippen molar-refractivity contribution in [3.05, 3.63) is 47.7 Å². The molecule has 0 aromatic heterocycles. The van der Waals surface area contributed by atoms with Crippen molar-refractivity contribution in [2.75, 3.05) is 26.9 Å². The van der Waals surface area contributed by atoms with Crippen LogP contribution in [0.1, 0.15) is 71.3 Å². The van der Waals surface area contributed by atoms with Crippen LogP contribution in [-0.2, 0) is 35.1 Å². The van der Waals surface area contributed by atoms with E-state index >= 15 is 0 Å². The Bertz CT molecular complexity index is 1050. The highest BCUT2D eigenvalue weighted by Gasteiger charge is 2.63. The van der Waals surface area contributed by atoms with E-state index in [1.165, 1.54) is 7.11 Å². The van der Waals surface area contributed by atoms with Crippen molar-refractivity contribution in [2.45, 2.75) is 84.5 Å². The van der Waals surface area contributed by atoms with E-state index in [4.69, 9.17) is 14.2 Å². The highest BCUT2D eigenvalue weighted by Crippen LogP contribution is 2.56. The number of fused-ring (bicyclic) bond motifs is 1. The van der Waals surface area contributed by atoms with Gasteiger partial charge in [-0.3, -0.25) is 14.4 Å². The van der Waals surface area contributed by atoms with Gasteiger partial charge in [-0.05, 0) is 55.6 Å². The molecule has 0 spiro atoms. The molecule has 4 atom stereocenters. The van der Waals surface area contributed by atoms with Crippen LogP contribution in [0.4, 0.5) is 0 Å². The Morgan fingerprint density at radius 2 is 1.88 bits per heavy atom. The van der Waals surface area contributed by atoms with Crippen LogP contribution >= 0.6 is 0 Å². The van der Waals surface area contributed by atoms with Crippen LogP contribution in [0.3, 0.4) is 0 Å². The van der Waals surface area contributed by atoms with E-state index < -0.39 is 23.4 Å². The van der Waals surface area contributed by atoms with Gasteiger partial charge in [0, 0.05) is 37.8 Å². The van der Waals surface area contributed by atoms with Crippen molar-refractivity contribution < 1.29 is 28.6 Å². The molecule has 1 N–H and O–H groups in total. The number of esters is 1. The SMILES string of the molecule is CCCCOCCCNC(=O)C[C@H]1C[C@@]2(C(=O)OC)C(=C[C@H](C(C)C)O[C@@H]2C2CC2)N(Cc2ccccc2)C1=O. The fraction of sp³-hybridized carbons (Fsp3) is 0.656. The molecule has 4 rings (SSSR count). The summed E-state index contributed by atoms with van der Waals surface area (Å²) in [4.78, 5) is 42.7. The molecule has 1 aromatic carbocycles. The molecule has 8 heteroatoms. The third-order valence-electron chi connectivity index (χ3n) is 8.35. The zero-order valence-electron chi connectivity index (χ0n) is 24.5.